The summed E-state index contributed by atoms with van der Waals surface area (Å²) in [6, 6.07) is 11.6. The van der Waals surface area contributed by atoms with E-state index in [1.54, 1.807) is 0 Å². The Morgan fingerprint density at radius 1 is 0.885 bits per heavy atom. The van der Waals surface area contributed by atoms with Crippen LogP contribution < -0.4 is 10.6 Å². The van der Waals surface area contributed by atoms with Gasteiger partial charge >= 0.3 is 0 Å². The van der Waals surface area contributed by atoms with E-state index in [4.69, 9.17) is 11.8 Å². The second-order valence-corrected chi connectivity index (χ2v) is 11.8. The van der Waals surface area contributed by atoms with Crippen LogP contribution in [0.4, 0.5) is 0 Å². The summed E-state index contributed by atoms with van der Waals surface area (Å²) in [6.45, 7) is 12.6. The summed E-state index contributed by atoms with van der Waals surface area (Å²) in [6.07, 6.45) is 8.46. The van der Waals surface area contributed by atoms with Gasteiger partial charge in [0.15, 0.2) is 0 Å². The molecule has 0 aromatic heterocycles. The van der Waals surface area contributed by atoms with E-state index in [1.807, 2.05) is 6.08 Å². The molecule has 1 aliphatic rings. The molecular formula is C24H27PS. The van der Waals surface area contributed by atoms with Crippen LogP contribution >= 0.6 is 6.04 Å². The second kappa shape index (κ2) is 7.51. The average molecular weight is 379 g/mol. The minimum Gasteiger partial charge on any atom is -0.103 e. The molecule has 3 rings (SSSR count). The first-order chi connectivity index (χ1) is 12.3. The number of allylic oxidation sites excluding steroid dienone is 5. The minimum absolute atomic E-state index is 0.913. The van der Waals surface area contributed by atoms with Crippen molar-refractivity contribution in [2.24, 2.45) is 0 Å². The molecule has 2 heteroatoms. The van der Waals surface area contributed by atoms with Crippen LogP contribution in [-0.4, -0.2) is 0 Å². The fraction of sp³-hybridized carbons (Fsp3) is 0.250. The van der Waals surface area contributed by atoms with Crippen molar-refractivity contribution in [3.8, 4) is 0 Å². The van der Waals surface area contributed by atoms with E-state index in [0.717, 1.165) is 12.8 Å². The second-order valence-electron chi connectivity index (χ2n) is 7.39. The molecule has 0 fully saturated rings. The van der Waals surface area contributed by atoms with Crippen molar-refractivity contribution in [2.75, 3.05) is 0 Å². The lowest BCUT2D eigenvalue weighted by Crippen LogP contribution is -2.19. The molecule has 0 unspecified atom stereocenters. The van der Waals surface area contributed by atoms with E-state index in [-0.39, 0.29) is 0 Å². The molecule has 0 heterocycles. The van der Waals surface area contributed by atoms with Crippen LogP contribution in [0.5, 0.6) is 0 Å². The summed E-state index contributed by atoms with van der Waals surface area (Å²) in [5.41, 5.74) is 6.57. The molecule has 0 radical (unpaired) electrons. The fourth-order valence-electron chi connectivity index (χ4n) is 3.92. The smallest absolute Gasteiger partial charge is 0.0379 e. The summed E-state index contributed by atoms with van der Waals surface area (Å²) in [7, 11) is 0. The number of aryl methyl sites for hydroxylation is 4. The molecule has 26 heavy (non-hydrogen) atoms. The van der Waals surface area contributed by atoms with Gasteiger partial charge in [-0.3, -0.25) is 0 Å². The van der Waals surface area contributed by atoms with Crippen molar-refractivity contribution in [1.29, 1.82) is 0 Å². The Hall–Kier alpha value is -1.69. The third kappa shape index (κ3) is 3.56. The van der Waals surface area contributed by atoms with Gasteiger partial charge in [-0.05, 0) is 56.5 Å². The van der Waals surface area contributed by atoms with Crippen LogP contribution in [0.25, 0.3) is 0 Å². The highest BCUT2D eigenvalue weighted by molar-refractivity contribution is 8.24. The Bertz CT molecular complexity index is 880. The largest absolute Gasteiger partial charge is 0.103 e. The van der Waals surface area contributed by atoms with Crippen molar-refractivity contribution in [2.45, 2.75) is 40.5 Å². The highest BCUT2D eigenvalue weighted by Gasteiger charge is 2.30. The lowest BCUT2D eigenvalue weighted by atomic mass is 10.1. The topological polar surface area (TPSA) is 0 Å². The highest BCUT2D eigenvalue weighted by atomic mass is 32.4. The first-order valence-corrected chi connectivity index (χ1v) is 11.9. The quantitative estimate of drug-likeness (QED) is 0.445. The molecule has 0 N–H and O–H groups in total. The molecule has 134 valence electrons. The molecule has 0 aliphatic heterocycles. The van der Waals surface area contributed by atoms with Gasteiger partial charge in [-0.25, -0.2) is 0 Å². The number of hydrogen-bond acceptors (Lipinski definition) is 1. The molecule has 0 spiro atoms. The first kappa shape index (κ1) is 19.1. The predicted octanol–water partition coefficient (Wildman–Crippen LogP) is 6.14. The molecule has 0 atom stereocenters. The van der Waals surface area contributed by atoms with Gasteiger partial charge in [0.1, 0.15) is 0 Å². The van der Waals surface area contributed by atoms with Crippen LogP contribution in [0.3, 0.4) is 0 Å². The third-order valence-corrected chi connectivity index (χ3v) is 9.84. The van der Waals surface area contributed by atoms with Gasteiger partial charge in [0.25, 0.3) is 0 Å². The maximum Gasteiger partial charge on any atom is 0.0379 e. The van der Waals surface area contributed by atoms with Gasteiger partial charge in [-0.1, -0.05) is 94.3 Å². The van der Waals surface area contributed by atoms with E-state index in [0.29, 0.717) is 0 Å². The van der Waals surface area contributed by atoms with E-state index < -0.39 is 6.04 Å². The maximum absolute atomic E-state index is 6.59. The fourth-order valence-corrected chi connectivity index (χ4v) is 8.46. The lowest BCUT2D eigenvalue weighted by molar-refractivity contribution is 1.13. The number of benzene rings is 2. The van der Waals surface area contributed by atoms with Crippen molar-refractivity contribution < 1.29 is 0 Å². The molecule has 0 bridgehead atoms. The SMILES string of the molecule is C=CCC1=C(P(=S)(c2cc(C)cc(C)c2)c2cc(C)cc(C)c2)C=CC1. The standard InChI is InChI=1S/C24H27PS/c1-6-8-21-9-7-10-24(21)25(26,22-13-17(2)11-18(3)14-22)23-15-19(4)12-20(5)16-23/h6-7,10-16H,1,8-9H2,2-5H3. The zero-order chi connectivity index (χ0) is 18.9. The Labute approximate surface area is 163 Å². The molecule has 2 aromatic carbocycles. The summed E-state index contributed by atoms with van der Waals surface area (Å²) in [5, 5.41) is 3.97. The predicted molar refractivity (Wildman–Crippen MR) is 121 cm³/mol. The van der Waals surface area contributed by atoms with Crippen LogP contribution in [-0.2, 0) is 11.8 Å². The van der Waals surface area contributed by atoms with E-state index in [9.17, 15) is 0 Å². The highest BCUT2D eigenvalue weighted by Crippen LogP contribution is 2.56. The van der Waals surface area contributed by atoms with Gasteiger partial charge in [-0.2, -0.15) is 0 Å². The molecular weight excluding hydrogens is 351 g/mol. The molecule has 2 aromatic rings. The monoisotopic (exact) mass is 378 g/mol. The van der Waals surface area contributed by atoms with Crippen molar-refractivity contribution in [3.63, 3.8) is 0 Å². The molecule has 0 saturated heterocycles. The zero-order valence-corrected chi connectivity index (χ0v) is 17.9. The third-order valence-electron chi connectivity index (χ3n) is 4.87. The first-order valence-electron chi connectivity index (χ1n) is 9.12. The minimum atomic E-state index is -2.09. The van der Waals surface area contributed by atoms with Crippen LogP contribution in [0.1, 0.15) is 35.1 Å². The summed E-state index contributed by atoms with van der Waals surface area (Å²) in [5.74, 6) is 0. The van der Waals surface area contributed by atoms with Gasteiger partial charge in [0.05, 0.1) is 0 Å². The summed E-state index contributed by atoms with van der Waals surface area (Å²) in [4.78, 5) is 0. The summed E-state index contributed by atoms with van der Waals surface area (Å²) < 4.78 is 0. The maximum atomic E-state index is 6.59. The molecule has 0 amide bonds. The van der Waals surface area contributed by atoms with Crippen molar-refractivity contribution in [1.82, 2.24) is 0 Å². The Balaban J connectivity index is 2.36. The van der Waals surface area contributed by atoms with E-state index in [1.165, 1.54) is 43.8 Å². The van der Waals surface area contributed by atoms with Gasteiger partial charge in [0, 0.05) is 6.04 Å². The Morgan fingerprint density at radius 3 is 1.77 bits per heavy atom. The Morgan fingerprint density at radius 2 is 1.35 bits per heavy atom. The number of rotatable bonds is 5. The molecule has 0 nitrogen and oxygen atoms in total. The molecule has 0 saturated carbocycles. The average Bonchev–Trinajstić information content (AvgIpc) is 3.01. The van der Waals surface area contributed by atoms with Crippen LogP contribution in [0.2, 0.25) is 0 Å². The lowest BCUT2D eigenvalue weighted by Gasteiger charge is -2.27. The zero-order valence-electron chi connectivity index (χ0n) is 16.2. The van der Waals surface area contributed by atoms with Gasteiger partial charge in [-0.15, -0.1) is 6.58 Å². The van der Waals surface area contributed by atoms with E-state index >= 15 is 0 Å². The summed E-state index contributed by atoms with van der Waals surface area (Å²) >= 11 is 6.59. The van der Waals surface area contributed by atoms with Crippen LogP contribution in [0, 0.1) is 27.7 Å². The number of hydrogen-bond donors (Lipinski definition) is 0. The van der Waals surface area contributed by atoms with Crippen molar-refractivity contribution in [3.05, 3.63) is 94.3 Å². The molecule has 1 aliphatic carbocycles. The normalized spacial score (nSPS) is 14.2. The van der Waals surface area contributed by atoms with Crippen molar-refractivity contribution >= 4 is 28.5 Å². The van der Waals surface area contributed by atoms with E-state index in [2.05, 4.69) is 82.8 Å². The van der Waals surface area contributed by atoms with Gasteiger partial charge < -0.3 is 0 Å². The van der Waals surface area contributed by atoms with Crippen LogP contribution in [0.15, 0.2) is 72.1 Å². The van der Waals surface area contributed by atoms with Gasteiger partial charge in [0.2, 0.25) is 0 Å². The Kier molecular flexibility index (Phi) is 5.51.